The first-order valence-electron chi connectivity index (χ1n) is 4.91. The van der Waals surface area contributed by atoms with Crippen molar-refractivity contribution in [1.29, 1.82) is 0 Å². The van der Waals surface area contributed by atoms with Gasteiger partial charge in [-0.2, -0.15) is 0 Å². The van der Waals surface area contributed by atoms with E-state index in [0.717, 1.165) is 18.9 Å². The fourth-order valence-corrected chi connectivity index (χ4v) is 2.59. The highest BCUT2D eigenvalue weighted by atomic mass is 16.5. The highest BCUT2D eigenvalue weighted by molar-refractivity contribution is 5.20. The standard InChI is InChI=1S/C11H18O/c1-8-6-10-4-5-12-11(10,3)7-9(8)2/h10H,4-7H2,1-3H3. The Balaban J connectivity index is 2.25. The van der Waals surface area contributed by atoms with Gasteiger partial charge in [-0.15, -0.1) is 0 Å². The van der Waals surface area contributed by atoms with Gasteiger partial charge in [0.15, 0.2) is 0 Å². The van der Waals surface area contributed by atoms with Gasteiger partial charge in [0.05, 0.1) is 5.60 Å². The molecule has 0 amide bonds. The molecule has 0 aromatic carbocycles. The first-order valence-corrected chi connectivity index (χ1v) is 4.91. The van der Waals surface area contributed by atoms with Crippen LogP contribution in [0.3, 0.4) is 0 Å². The van der Waals surface area contributed by atoms with E-state index in [2.05, 4.69) is 20.8 Å². The first-order chi connectivity index (χ1) is 5.62. The summed E-state index contributed by atoms with van der Waals surface area (Å²) >= 11 is 0. The van der Waals surface area contributed by atoms with Crippen molar-refractivity contribution in [2.75, 3.05) is 6.61 Å². The molecule has 2 rings (SSSR count). The molecule has 1 nitrogen and oxygen atoms in total. The van der Waals surface area contributed by atoms with Crippen LogP contribution in [0.4, 0.5) is 0 Å². The number of hydrogen-bond donors (Lipinski definition) is 0. The Morgan fingerprint density at radius 1 is 1.33 bits per heavy atom. The highest BCUT2D eigenvalue weighted by Crippen LogP contribution is 2.44. The van der Waals surface area contributed by atoms with Crippen molar-refractivity contribution in [3.8, 4) is 0 Å². The molecule has 0 aromatic heterocycles. The van der Waals surface area contributed by atoms with Gasteiger partial charge in [0, 0.05) is 6.61 Å². The van der Waals surface area contributed by atoms with Crippen molar-refractivity contribution in [2.45, 2.75) is 45.6 Å². The van der Waals surface area contributed by atoms with Crippen LogP contribution < -0.4 is 0 Å². The van der Waals surface area contributed by atoms with E-state index >= 15 is 0 Å². The van der Waals surface area contributed by atoms with E-state index in [4.69, 9.17) is 4.74 Å². The molecule has 12 heavy (non-hydrogen) atoms. The summed E-state index contributed by atoms with van der Waals surface area (Å²) in [5.74, 6) is 0.793. The lowest BCUT2D eigenvalue weighted by Crippen LogP contribution is -2.35. The fourth-order valence-electron chi connectivity index (χ4n) is 2.59. The summed E-state index contributed by atoms with van der Waals surface area (Å²) < 4.78 is 5.83. The van der Waals surface area contributed by atoms with Crippen molar-refractivity contribution in [3.05, 3.63) is 11.1 Å². The predicted molar refractivity (Wildman–Crippen MR) is 50.1 cm³/mol. The third-order valence-electron chi connectivity index (χ3n) is 3.66. The zero-order chi connectivity index (χ0) is 8.77. The lowest BCUT2D eigenvalue weighted by atomic mass is 9.74. The number of rotatable bonds is 0. The van der Waals surface area contributed by atoms with Gasteiger partial charge in [0.2, 0.25) is 0 Å². The Morgan fingerprint density at radius 2 is 2.08 bits per heavy atom. The van der Waals surface area contributed by atoms with Gasteiger partial charge in [-0.3, -0.25) is 0 Å². The minimum absolute atomic E-state index is 0.184. The van der Waals surface area contributed by atoms with Crippen LogP contribution in [0.2, 0.25) is 0 Å². The lowest BCUT2D eigenvalue weighted by molar-refractivity contribution is -0.00942. The number of hydrogen-bond acceptors (Lipinski definition) is 1. The van der Waals surface area contributed by atoms with Crippen molar-refractivity contribution < 1.29 is 4.74 Å². The Kier molecular flexibility index (Phi) is 1.80. The fraction of sp³-hybridized carbons (Fsp3) is 0.818. The van der Waals surface area contributed by atoms with Crippen molar-refractivity contribution in [1.82, 2.24) is 0 Å². The Bertz CT molecular complexity index is 229. The third kappa shape index (κ3) is 1.11. The molecule has 0 N–H and O–H groups in total. The van der Waals surface area contributed by atoms with Crippen LogP contribution in [-0.2, 0) is 4.74 Å². The van der Waals surface area contributed by atoms with Crippen molar-refractivity contribution in [3.63, 3.8) is 0 Å². The van der Waals surface area contributed by atoms with Crippen molar-refractivity contribution in [2.24, 2.45) is 5.92 Å². The molecule has 2 unspecified atom stereocenters. The van der Waals surface area contributed by atoms with Crippen LogP contribution >= 0.6 is 0 Å². The summed E-state index contributed by atoms with van der Waals surface area (Å²) in [6, 6.07) is 0. The molecule has 1 aliphatic heterocycles. The maximum atomic E-state index is 5.83. The van der Waals surface area contributed by atoms with Gasteiger partial charge in [0.25, 0.3) is 0 Å². The van der Waals surface area contributed by atoms with E-state index in [-0.39, 0.29) is 5.60 Å². The van der Waals surface area contributed by atoms with E-state index in [1.165, 1.54) is 12.8 Å². The summed E-state index contributed by atoms with van der Waals surface area (Å²) in [4.78, 5) is 0. The maximum Gasteiger partial charge on any atom is 0.0723 e. The quantitative estimate of drug-likeness (QED) is 0.503. The van der Waals surface area contributed by atoms with E-state index in [1.54, 1.807) is 11.1 Å². The molecular weight excluding hydrogens is 148 g/mol. The van der Waals surface area contributed by atoms with Gasteiger partial charge in [-0.25, -0.2) is 0 Å². The molecule has 1 fully saturated rings. The predicted octanol–water partition coefficient (Wildman–Crippen LogP) is 2.91. The van der Waals surface area contributed by atoms with E-state index < -0.39 is 0 Å². The Labute approximate surface area is 74.8 Å². The second-order valence-electron chi connectivity index (χ2n) is 4.59. The van der Waals surface area contributed by atoms with Gasteiger partial charge in [-0.05, 0) is 46.0 Å². The monoisotopic (exact) mass is 166 g/mol. The Morgan fingerprint density at radius 3 is 2.83 bits per heavy atom. The molecule has 2 atom stereocenters. The molecule has 1 heterocycles. The van der Waals surface area contributed by atoms with Crippen LogP contribution in [0.25, 0.3) is 0 Å². The molecule has 68 valence electrons. The van der Waals surface area contributed by atoms with E-state index in [9.17, 15) is 0 Å². The maximum absolute atomic E-state index is 5.83. The molecule has 0 aromatic rings. The number of allylic oxidation sites excluding steroid dienone is 1. The minimum atomic E-state index is 0.184. The molecule has 1 heteroatoms. The van der Waals surface area contributed by atoms with Gasteiger partial charge >= 0.3 is 0 Å². The second kappa shape index (κ2) is 2.59. The van der Waals surface area contributed by atoms with Gasteiger partial charge in [0.1, 0.15) is 0 Å². The van der Waals surface area contributed by atoms with Crippen LogP contribution in [0.15, 0.2) is 11.1 Å². The summed E-state index contributed by atoms with van der Waals surface area (Å²) in [5, 5.41) is 0. The smallest absolute Gasteiger partial charge is 0.0723 e. The zero-order valence-corrected chi connectivity index (χ0v) is 8.31. The molecule has 2 aliphatic rings. The number of fused-ring (bicyclic) bond motifs is 1. The lowest BCUT2D eigenvalue weighted by Gasteiger charge is -2.36. The van der Waals surface area contributed by atoms with Crippen LogP contribution in [0, 0.1) is 5.92 Å². The first kappa shape index (κ1) is 8.31. The van der Waals surface area contributed by atoms with E-state index in [0.29, 0.717) is 0 Å². The summed E-state index contributed by atoms with van der Waals surface area (Å²) in [5.41, 5.74) is 3.34. The second-order valence-corrected chi connectivity index (χ2v) is 4.59. The van der Waals surface area contributed by atoms with Crippen LogP contribution in [0.1, 0.15) is 40.0 Å². The zero-order valence-electron chi connectivity index (χ0n) is 8.31. The third-order valence-corrected chi connectivity index (χ3v) is 3.66. The number of ether oxygens (including phenoxy) is 1. The Hall–Kier alpha value is -0.300. The van der Waals surface area contributed by atoms with Gasteiger partial charge < -0.3 is 4.74 Å². The van der Waals surface area contributed by atoms with Crippen LogP contribution in [-0.4, -0.2) is 12.2 Å². The molecule has 1 saturated heterocycles. The molecule has 1 aliphatic carbocycles. The topological polar surface area (TPSA) is 9.23 Å². The highest BCUT2D eigenvalue weighted by Gasteiger charge is 2.42. The molecule has 0 saturated carbocycles. The van der Waals surface area contributed by atoms with E-state index in [1.807, 2.05) is 0 Å². The largest absolute Gasteiger partial charge is 0.375 e. The normalized spacial score (nSPS) is 41.8. The van der Waals surface area contributed by atoms with Crippen LogP contribution in [0.5, 0.6) is 0 Å². The van der Waals surface area contributed by atoms with Crippen molar-refractivity contribution >= 4 is 0 Å². The molecular formula is C11H18O. The summed E-state index contributed by atoms with van der Waals surface area (Å²) in [6.07, 6.45) is 3.69. The SMILES string of the molecule is CC1=C(C)CC2(C)OCCC2C1. The molecule has 0 bridgehead atoms. The summed E-state index contributed by atoms with van der Waals surface area (Å²) in [7, 11) is 0. The van der Waals surface area contributed by atoms with Gasteiger partial charge in [-0.1, -0.05) is 11.1 Å². The minimum Gasteiger partial charge on any atom is -0.375 e. The summed E-state index contributed by atoms with van der Waals surface area (Å²) in [6.45, 7) is 7.77. The average molecular weight is 166 g/mol. The molecule has 0 spiro atoms. The molecule has 0 radical (unpaired) electrons. The average Bonchev–Trinajstić information content (AvgIpc) is 2.32.